The quantitative estimate of drug-likeness (QED) is 0.898. The van der Waals surface area contributed by atoms with Gasteiger partial charge < -0.3 is 10.3 Å². The summed E-state index contributed by atoms with van der Waals surface area (Å²) in [7, 11) is 0. The number of nitrogens with two attached hydrogens (primary N) is 1. The van der Waals surface area contributed by atoms with Crippen LogP contribution in [0.2, 0.25) is 0 Å². The lowest BCUT2D eigenvalue weighted by Crippen LogP contribution is -2.23. The average Bonchev–Trinajstić information content (AvgIpc) is 3.10. The molecule has 0 amide bonds. The van der Waals surface area contributed by atoms with Gasteiger partial charge in [0.2, 0.25) is 5.95 Å². The first kappa shape index (κ1) is 12.2. The number of imidazole rings is 1. The van der Waals surface area contributed by atoms with E-state index < -0.39 is 0 Å². The molecule has 4 rings (SSSR count). The smallest absolute Gasteiger partial charge is 0.201 e. The van der Waals surface area contributed by atoms with E-state index in [1.807, 2.05) is 0 Å². The molecule has 1 aromatic carbocycles. The molecule has 0 aliphatic heterocycles. The molecule has 4 atom stereocenters. The molecular weight excluding hydrogens is 246 g/mol. The molecule has 0 saturated heterocycles. The maximum absolute atomic E-state index is 6.22. The Bertz CT molecular complexity index is 658. The summed E-state index contributed by atoms with van der Waals surface area (Å²) in [6, 6.07) is 6.89. The van der Waals surface area contributed by atoms with Crippen LogP contribution in [-0.2, 0) is 0 Å². The van der Waals surface area contributed by atoms with Crippen molar-refractivity contribution >= 4 is 17.0 Å². The van der Waals surface area contributed by atoms with Gasteiger partial charge >= 0.3 is 0 Å². The van der Waals surface area contributed by atoms with Crippen LogP contribution < -0.4 is 5.73 Å². The lowest BCUT2D eigenvalue weighted by atomic mass is 9.84. The molecule has 1 heterocycles. The van der Waals surface area contributed by atoms with Crippen molar-refractivity contribution in [3.63, 3.8) is 0 Å². The zero-order valence-corrected chi connectivity index (χ0v) is 12.3. The fourth-order valence-corrected chi connectivity index (χ4v) is 4.73. The Kier molecular flexibility index (Phi) is 2.60. The van der Waals surface area contributed by atoms with Crippen molar-refractivity contribution in [1.29, 1.82) is 0 Å². The Morgan fingerprint density at radius 3 is 2.85 bits per heavy atom. The van der Waals surface area contributed by atoms with E-state index in [4.69, 9.17) is 5.73 Å². The molecule has 2 bridgehead atoms. The van der Waals surface area contributed by atoms with E-state index in [2.05, 4.69) is 41.6 Å². The highest BCUT2D eigenvalue weighted by molar-refractivity contribution is 5.79. The topological polar surface area (TPSA) is 43.8 Å². The van der Waals surface area contributed by atoms with E-state index in [1.165, 1.54) is 36.8 Å². The minimum absolute atomic E-state index is 0.470. The van der Waals surface area contributed by atoms with E-state index in [0.717, 1.165) is 23.3 Å². The zero-order chi connectivity index (χ0) is 13.9. The predicted octanol–water partition coefficient (Wildman–Crippen LogP) is 3.92. The molecule has 2 aliphatic rings. The van der Waals surface area contributed by atoms with Gasteiger partial charge in [-0.2, -0.15) is 0 Å². The lowest BCUT2D eigenvalue weighted by molar-refractivity contribution is 0.248. The fourth-order valence-electron chi connectivity index (χ4n) is 4.73. The van der Waals surface area contributed by atoms with Crippen molar-refractivity contribution in [2.75, 3.05) is 5.73 Å². The van der Waals surface area contributed by atoms with Crippen molar-refractivity contribution in [2.24, 2.45) is 17.8 Å². The number of nitrogens with zero attached hydrogens (tertiary/aromatic N) is 2. The SMILES string of the molecule is Cc1ccc2nc(N)n(C(C)C3CC4CCC3C4)c2c1. The summed E-state index contributed by atoms with van der Waals surface area (Å²) >= 11 is 0. The molecule has 2 fully saturated rings. The largest absolute Gasteiger partial charge is 0.369 e. The van der Waals surface area contributed by atoms with Crippen LogP contribution in [0.15, 0.2) is 18.2 Å². The van der Waals surface area contributed by atoms with Gasteiger partial charge in [-0.3, -0.25) is 0 Å². The summed E-state index contributed by atoms with van der Waals surface area (Å²) in [5, 5.41) is 0. The molecule has 4 unspecified atom stereocenters. The number of fused-ring (bicyclic) bond motifs is 3. The van der Waals surface area contributed by atoms with Crippen molar-refractivity contribution in [2.45, 2.75) is 45.6 Å². The van der Waals surface area contributed by atoms with Gasteiger partial charge in [-0.05, 0) is 68.6 Å². The summed E-state index contributed by atoms with van der Waals surface area (Å²) in [5.41, 5.74) is 9.74. The highest BCUT2D eigenvalue weighted by Gasteiger charge is 2.42. The summed E-state index contributed by atoms with van der Waals surface area (Å²) < 4.78 is 2.29. The Hall–Kier alpha value is -1.51. The van der Waals surface area contributed by atoms with Gasteiger partial charge in [-0.25, -0.2) is 4.98 Å². The van der Waals surface area contributed by atoms with Gasteiger partial charge in [-0.15, -0.1) is 0 Å². The molecular formula is C17H23N3. The highest BCUT2D eigenvalue weighted by Crippen LogP contribution is 2.52. The summed E-state index contributed by atoms with van der Waals surface area (Å²) in [6.45, 7) is 4.47. The molecule has 2 N–H and O–H groups in total. The number of nitrogen functional groups attached to an aromatic ring is 1. The van der Waals surface area contributed by atoms with Crippen LogP contribution in [0, 0.1) is 24.7 Å². The summed E-state index contributed by atoms with van der Waals surface area (Å²) in [6.07, 6.45) is 5.70. The van der Waals surface area contributed by atoms with Crippen LogP contribution >= 0.6 is 0 Å². The Balaban J connectivity index is 1.77. The molecule has 20 heavy (non-hydrogen) atoms. The number of hydrogen-bond acceptors (Lipinski definition) is 2. The van der Waals surface area contributed by atoms with E-state index in [1.54, 1.807) is 0 Å². The first-order valence-electron chi connectivity index (χ1n) is 7.87. The normalized spacial score (nSPS) is 30.2. The molecule has 3 nitrogen and oxygen atoms in total. The number of anilines is 1. The van der Waals surface area contributed by atoms with Crippen molar-refractivity contribution in [3.8, 4) is 0 Å². The van der Waals surface area contributed by atoms with Crippen LogP contribution in [0.25, 0.3) is 11.0 Å². The van der Waals surface area contributed by atoms with Crippen molar-refractivity contribution < 1.29 is 0 Å². The van der Waals surface area contributed by atoms with E-state index in [0.29, 0.717) is 12.0 Å². The molecule has 0 spiro atoms. The van der Waals surface area contributed by atoms with E-state index in [9.17, 15) is 0 Å². The van der Waals surface area contributed by atoms with Crippen molar-refractivity contribution in [1.82, 2.24) is 9.55 Å². The zero-order valence-electron chi connectivity index (χ0n) is 12.3. The fraction of sp³-hybridized carbons (Fsp3) is 0.588. The van der Waals surface area contributed by atoms with Crippen LogP contribution in [-0.4, -0.2) is 9.55 Å². The third kappa shape index (κ3) is 1.68. The monoisotopic (exact) mass is 269 g/mol. The molecule has 3 heteroatoms. The second-order valence-electron chi connectivity index (χ2n) is 6.91. The molecule has 106 valence electrons. The molecule has 2 aliphatic carbocycles. The van der Waals surface area contributed by atoms with Gasteiger partial charge in [0.05, 0.1) is 11.0 Å². The second-order valence-corrected chi connectivity index (χ2v) is 6.91. The number of hydrogen-bond donors (Lipinski definition) is 1. The molecule has 0 radical (unpaired) electrons. The van der Waals surface area contributed by atoms with Crippen LogP contribution in [0.5, 0.6) is 0 Å². The van der Waals surface area contributed by atoms with Crippen LogP contribution in [0.3, 0.4) is 0 Å². The average molecular weight is 269 g/mol. The minimum atomic E-state index is 0.470. The van der Waals surface area contributed by atoms with Gasteiger partial charge in [0.15, 0.2) is 0 Å². The standard InChI is InChI=1S/C17H23N3/c1-10-3-6-15-16(7-10)20(17(18)19-15)11(2)14-9-12-4-5-13(14)8-12/h3,6-7,11-14H,4-5,8-9H2,1-2H3,(H2,18,19). The number of aromatic nitrogens is 2. The summed E-state index contributed by atoms with van der Waals surface area (Å²) in [4.78, 5) is 4.55. The number of rotatable bonds is 2. The third-order valence-corrected chi connectivity index (χ3v) is 5.69. The number of benzene rings is 1. The first-order valence-corrected chi connectivity index (χ1v) is 7.87. The van der Waals surface area contributed by atoms with Crippen LogP contribution in [0.1, 0.15) is 44.2 Å². The Morgan fingerprint density at radius 1 is 1.30 bits per heavy atom. The lowest BCUT2D eigenvalue weighted by Gasteiger charge is -2.29. The first-order chi connectivity index (χ1) is 9.63. The van der Waals surface area contributed by atoms with E-state index >= 15 is 0 Å². The maximum atomic E-state index is 6.22. The van der Waals surface area contributed by atoms with Crippen LogP contribution in [0.4, 0.5) is 5.95 Å². The molecule has 2 saturated carbocycles. The second kappa shape index (κ2) is 4.24. The maximum Gasteiger partial charge on any atom is 0.201 e. The van der Waals surface area contributed by atoms with Crippen molar-refractivity contribution in [3.05, 3.63) is 23.8 Å². The molecule has 2 aromatic rings. The predicted molar refractivity (Wildman–Crippen MR) is 82.5 cm³/mol. The van der Waals surface area contributed by atoms with Gasteiger partial charge in [0, 0.05) is 6.04 Å². The molecule has 1 aromatic heterocycles. The minimum Gasteiger partial charge on any atom is -0.369 e. The van der Waals surface area contributed by atoms with Gasteiger partial charge in [0.1, 0.15) is 0 Å². The highest BCUT2D eigenvalue weighted by atomic mass is 15.2. The van der Waals surface area contributed by atoms with Gasteiger partial charge in [-0.1, -0.05) is 12.5 Å². The van der Waals surface area contributed by atoms with E-state index in [-0.39, 0.29) is 0 Å². The third-order valence-electron chi connectivity index (χ3n) is 5.69. The summed E-state index contributed by atoms with van der Waals surface area (Å²) in [5.74, 6) is 3.36. The number of aryl methyl sites for hydroxylation is 1. The van der Waals surface area contributed by atoms with Gasteiger partial charge in [0.25, 0.3) is 0 Å². The Labute approximate surface area is 120 Å². The Morgan fingerprint density at radius 2 is 2.15 bits per heavy atom.